The molecule has 2 aromatic heterocycles. The van der Waals surface area contributed by atoms with Crippen molar-refractivity contribution in [2.24, 2.45) is 5.73 Å². The molecule has 7 nitrogen and oxygen atoms in total. The van der Waals surface area contributed by atoms with Crippen molar-refractivity contribution in [2.45, 2.75) is 13.1 Å². The van der Waals surface area contributed by atoms with E-state index in [4.69, 9.17) is 20.2 Å². The van der Waals surface area contributed by atoms with E-state index in [-0.39, 0.29) is 5.56 Å². The third kappa shape index (κ3) is 3.34. The highest BCUT2D eigenvalue weighted by Crippen LogP contribution is 2.37. The van der Waals surface area contributed by atoms with Crippen LogP contribution >= 0.6 is 0 Å². The molecule has 1 aliphatic rings. The van der Waals surface area contributed by atoms with Crippen LogP contribution in [-0.2, 0) is 13.1 Å². The molecule has 0 atom stereocenters. The first-order chi connectivity index (χ1) is 16.2. The van der Waals surface area contributed by atoms with Crippen molar-refractivity contribution in [3.8, 4) is 22.8 Å². The predicted octanol–water partition coefficient (Wildman–Crippen LogP) is 3.82. The molecule has 0 aliphatic carbocycles. The van der Waals surface area contributed by atoms with E-state index in [2.05, 4.69) is 27.8 Å². The molecule has 0 amide bonds. The monoisotopic (exact) mass is 438 g/mol. The molecule has 33 heavy (non-hydrogen) atoms. The fraction of sp³-hybridized carbons (Fsp3) is 0.154. The van der Waals surface area contributed by atoms with E-state index < -0.39 is 0 Å². The van der Waals surface area contributed by atoms with Crippen LogP contribution in [0.25, 0.3) is 33.2 Å². The van der Waals surface area contributed by atoms with Crippen LogP contribution in [0.1, 0.15) is 11.1 Å². The average molecular weight is 438 g/mol. The zero-order valence-corrected chi connectivity index (χ0v) is 17.9. The maximum atomic E-state index is 13.1. The van der Waals surface area contributed by atoms with Gasteiger partial charge in [-0.15, -0.1) is 0 Å². The van der Waals surface area contributed by atoms with Gasteiger partial charge < -0.3 is 24.8 Å². The molecule has 0 fully saturated rings. The minimum atomic E-state index is -0.243. The van der Waals surface area contributed by atoms with E-state index in [1.165, 1.54) is 0 Å². The number of rotatable bonds is 4. The third-order valence-corrected chi connectivity index (χ3v) is 5.99. The summed E-state index contributed by atoms with van der Waals surface area (Å²) in [7, 11) is 0. The molecule has 0 unspecified atom stereocenters. The Morgan fingerprint density at radius 1 is 1.00 bits per heavy atom. The van der Waals surface area contributed by atoms with Crippen LogP contribution in [-0.4, -0.2) is 27.7 Å². The molecule has 7 heteroatoms. The lowest BCUT2D eigenvalue weighted by molar-refractivity contribution is 0.173. The molecule has 3 heterocycles. The van der Waals surface area contributed by atoms with Crippen molar-refractivity contribution >= 4 is 21.9 Å². The molecule has 0 saturated carbocycles. The van der Waals surface area contributed by atoms with Crippen molar-refractivity contribution in [3.63, 3.8) is 0 Å². The van der Waals surface area contributed by atoms with Crippen molar-refractivity contribution in [1.29, 1.82) is 0 Å². The molecule has 3 aromatic carbocycles. The quantitative estimate of drug-likeness (QED) is 0.445. The summed E-state index contributed by atoms with van der Waals surface area (Å²) in [6, 6.07) is 19.9. The van der Waals surface area contributed by atoms with Gasteiger partial charge in [0.25, 0.3) is 5.56 Å². The minimum Gasteiger partial charge on any atom is -0.486 e. The molecule has 0 saturated heterocycles. The van der Waals surface area contributed by atoms with E-state index in [9.17, 15) is 4.79 Å². The summed E-state index contributed by atoms with van der Waals surface area (Å²) >= 11 is 0. The van der Waals surface area contributed by atoms with Crippen LogP contribution in [0.5, 0.6) is 11.5 Å². The first kappa shape index (κ1) is 19.6. The SMILES string of the molecule is NCc1cccc(Cn2cc(-c3nc4c5c(ccc4[nH]c3=O)OCCO5)c3ccccc32)c1. The summed E-state index contributed by atoms with van der Waals surface area (Å²) < 4.78 is 13.7. The second-order valence-electron chi connectivity index (χ2n) is 8.11. The summed E-state index contributed by atoms with van der Waals surface area (Å²) in [5, 5.41) is 0.965. The molecular formula is C26H22N4O3. The molecule has 164 valence electrons. The molecule has 6 rings (SSSR count). The Labute approximate surface area is 189 Å². The Bertz CT molecular complexity index is 1570. The maximum absolute atomic E-state index is 13.1. The number of nitrogens with one attached hydrogen (secondary N) is 1. The third-order valence-electron chi connectivity index (χ3n) is 5.99. The summed E-state index contributed by atoms with van der Waals surface area (Å²) in [4.78, 5) is 20.8. The van der Waals surface area contributed by atoms with Crippen LogP contribution in [0, 0.1) is 0 Å². The first-order valence-corrected chi connectivity index (χ1v) is 10.9. The lowest BCUT2D eigenvalue weighted by Gasteiger charge is -2.19. The summed E-state index contributed by atoms with van der Waals surface area (Å²) in [5.74, 6) is 1.21. The molecule has 3 N–H and O–H groups in total. The number of fused-ring (bicyclic) bond motifs is 4. The number of hydrogen-bond acceptors (Lipinski definition) is 5. The number of hydrogen-bond donors (Lipinski definition) is 2. The number of aromatic nitrogens is 3. The van der Waals surface area contributed by atoms with Gasteiger partial charge >= 0.3 is 0 Å². The second kappa shape index (κ2) is 7.79. The largest absolute Gasteiger partial charge is 0.486 e. The number of nitrogens with two attached hydrogens (primary N) is 1. The topological polar surface area (TPSA) is 95.2 Å². The summed E-state index contributed by atoms with van der Waals surface area (Å²) in [5.41, 5.74) is 11.2. The average Bonchev–Trinajstić information content (AvgIpc) is 3.21. The van der Waals surface area contributed by atoms with Gasteiger partial charge in [0.05, 0.1) is 5.52 Å². The Morgan fingerprint density at radius 3 is 2.76 bits per heavy atom. The van der Waals surface area contributed by atoms with E-state index in [0.717, 1.165) is 27.6 Å². The van der Waals surface area contributed by atoms with Crippen LogP contribution < -0.4 is 20.8 Å². The highest BCUT2D eigenvalue weighted by molar-refractivity contribution is 5.96. The van der Waals surface area contributed by atoms with Crippen molar-refractivity contribution < 1.29 is 9.47 Å². The van der Waals surface area contributed by atoms with E-state index in [0.29, 0.717) is 54.5 Å². The predicted molar refractivity (Wildman–Crippen MR) is 128 cm³/mol. The molecule has 1 aliphatic heterocycles. The Hall–Kier alpha value is -4.10. The summed E-state index contributed by atoms with van der Waals surface area (Å²) in [6.45, 7) is 2.10. The van der Waals surface area contributed by atoms with Crippen LogP contribution in [0.3, 0.4) is 0 Å². The lowest BCUT2D eigenvalue weighted by atomic mass is 10.1. The van der Waals surface area contributed by atoms with Gasteiger partial charge in [0.1, 0.15) is 24.4 Å². The van der Waals surface area contributed by atoms with Crippen LogP contribution in [0.2, 0.25) is 0 Å². The second-order valence-corrected chi connectivity index (χ2v) is 8.11. The molecule has 0 radical (unpaired) electrons. The van der Waals surface area contributed by atoms with Gasteiger partial charge in [-0.1, -0.05) is 42.5 Å². The van der Waals surface area contributed by atoms with Crippen LogP contribution in [0.15, 0.2) is 71.7 Å². The highest BCUT2D eigenvalue weighted by Gasteiger charge is 2.20. The normalized spacial score (nSPS) is 13.0. The van der Waals surface area contributed by atoms with Crippen LogP contribution in [0.4, 0.5) is 0 Å². The molecular weight excluding hydrogens is 416 g/mol. The number of aromatic amines is 1. The highest BCUT2D eigenvalue weighted by atomic mass is 16.6. The fourth-order valence-corrected chi connectivity index (χ4v) is 4.46. The number of benzene rings is 3. The van der Waals surface area contributed by atoms with Crippen molar-refractivity contribution in [2.75, 3.05) is 13.2 Å². The Kier molecular flexibility index (Phi) is 4.62. The Balaban J connectivity index is 1.53. The fourth-order valence-electron chi connectivity index (χ4n) is 4.46. The molecule has 0 spiro atoms. The molecule has 0 bridgehead atoms. The zero-order valence-electron chi connectivity index (χ0n) is 17.9. The van der Waals surface area contributed by atoms with E-state index in [1.54, 1.807) is 12.1 Å². The van der Waals surface area contributed by atoms with Gasteiger partial charge in [0.15, 0.2) is 11.5 Å². The van der Waals surface area contributed by atoms with Crippen molar-refractivity contribution in [1.82, 2.24) is 14.5 Å². The Morgan fingerprint density at radius 2 is 1.85 bits per heavy atom. The number of nitrogens with zero attached hydrogens (tertiary/aromatic N) is 2. The summed E-state index contributed by atoms with van der Waals surface area (Å²) in [6.07, 6.45) is 2.00. The van der Waals surface area contributed by atoms with Gasteiger partial charge in [0, 0.05) is 35.8 Å². The standard InChI is InChI=1S/C26H22N4O3/c27-13-16-4-3-5-17(12-16)14-30-15-19(18-6-1-2-7-21(18)30)23-26(31)28-20-8-9-22-25(24(20)29-23)33-11-10-32-22/h1-9,12,15H,10-11,13-14,27H2,(H,28,31). The van der Waals surface area contributed by atoms with Gasteiger partial charge in [-0.05, 0) is 29.3 Å². The van der Waals surface area contributed by atoms with Gasteiger partial charge in [-0.2, -0.15) is 0 Å². The van der Waals surface area contributed by atoms with Gasteiger partial charge in [0.2, 0.25) is 0 Å². The molecule has 5 aromatic rings. The van der Waals surface area contributed by atoms with Gasteiger partial charge in [-0.25, -0.2) is 4.98 Å². The minimum absolute atomic E-state index is 0.243. The number of para-hydroxylation sites is 1. The maximum Gasteiger partial charge on any atom is 0.275 e. The van der Waals surface area contributed by atoms with Gasteiger partial charge in [-0.3, -0.25) is 4.79 Å². The van der Waals surface area contributed by atoms with E-state index in [1.807, 2.05) is 36.5 Å². The number of H-pyrrole nitrogens is 1. The van der Waals surface area contributed by atoms with Crippen molar-refractivity contribution in [3.05, 3.63) is 88.3 Å². The lowest BCUT2D eigenvalue weighted by Crippen LogP contribution is -2.17. The first-order valence-electron chi connectivity index (χ1n) is 10.9. The number of ether oxygens (including phenoxy) is 2. The smallest absolute Gasteiger partial charge is 0.275 e. The zero-order chi connectivity index (χ0) is 22.4. The van der Waals surface area contributed by atoms with E-state index >= 15 is 0 Å².